The van der Waals surface area contributed by atoms with Crippen molar-refractivity contribution in [3.05, 3.63) is 30.6 Å². The van der Waals surface area contributed by atoms with E-state index in [9.17, 15) is 14.7 Å². The zero-order valence-corrected chi connectivity index (χ0v) is 18.6. The second-order valence-corrected chi connectivity index (χ2v) is 8.13. The summed E-state index contributed by atoms with van der Waals surface area (Å²) in [4.78, 5) is 30.2. The van der Waals surface area contributed by atoms with Crippen LogP contribution in [0.2, 0.25) is 0 Å². The van der Waals surface area contributed by atoms with Crippen molar-refractivity contribution in [3.8, 4) is 0 Å². The number of imidazole rings is 1. The van der Waals surface area contributed by atoms with E-state index in [1.165, 1.54) is 63.2 Å². The zero-order chi connectivity index (χ0) is 21.8. The summed E-state index contributed by atoms with van der Waals surface area (Å²) in [7, 11) is 0. The fraction of sp³-hybridized carbons (Fsp3) is 0.625. The number of nitrogens with zero attached hydrogens (tertiary/aromatic N) is 3. The predicted molar refractivity (Wildman–Crippen MR) is 121 cm³/mol. The Labute approximate surface area is 180 Å². The lowest BCUT2D eigenvalue weighted by Gasteiger charge is -2.24. The van der Waals surface area contributed by atoms with E-state index in [1.807, 2.05) is 24.4 Å². The molecule has 166 valence electrons. The maximum absolute atomic E-state index is 12.8. The molecule has 2 aromatic heterocycles. The number of carboxylic acid groups (broad SMARTS) is 1. The first kappa shape index (κ1) is 23.9. The van der Waals surface area contributed by atoms with Gasteiger partial charge in [-0.15, -0.1) is 0 Å². The monoisotopic (exact) mass is 415 g/mol. The molecule has 1 amide bonds. The predicted octanol–water partition coefficient (Wildman–Crippen LogP) is 5.84. The number of carboxylic acids is 1. The Hall–Kier alpha value is -2.37. The molecule has 2 rings (SSSR count). The first-order valence-electron chi connectivity index (χ1n) is 11.5. The van der Waals surface area contributed by atoms with Crippen molar-refractivity contribution in [1.29, 1.82) is 0 Å². The first-order valence-corrected chi connectivity index (χ1v) is 11.5. The maximum atomic E-state index is 12.8. The quantitative estimate of drug-likeness (QED) is 0.371. The van der Waals surface area contributed by atoms with Crippen molar-refractivity contribution < 1.29 is 14.7 Å². The van der Waals surface area contributed by atoms with Gasteiger partial charge in [-0.1, -0.05) is 77.2 Å². The van der Waals surface area contributed by atoms with Crippen LogP contribution in [0.5, 0.6) is 0 Å². The average molecular weight is 416 g/mol. The van der Waals surface area contributed by atoms with Gasteiger partial charge in [-0.2, -0.15) is 0 Å². The molecule has 0 radical (unpaired) electrons. The standard InChI is InChI=1S/C24H37N3O3/c1-3-4-5-6-7-8-9-10-11-12-13-17-23(28)27(20(2)24(29)30)22-19-26-18-15-14-16-21(26)25-22/h14-16,18-20H,3-13,17H2,1-2H3,(H,29,30). The lowest BCUT2D eigenvalue weighted by molar-refractivity contribution is -0.139. The second kappa shape index (κ2) is 13.0. The molecule has 0 aliphatic carbocycles. The molecule has 0 saturated carbocycles. The Bertz CT molecular complexity index is 754. The van der Waals surface area contributed by atoms with Gasteiger partial charge in [0.05, 0.1) is 6.20 Å². The van der Waals surface area contributed by atoms with Gasteiger partial charge in [0.25, 0.3) is 0 Å². The van der Waals surface area contributed by atoms with E-state index in [0.29, 0.717) is 17.9 Å². The third kappa shape index (κ3) is 7.47. The van der Waals surface area contributed by atoms with E-state index in [0.717, 1.165) is 19.3 Å². The summed E-state index contributed by atoms with van der Waals surface area (Å²) < 4.78 is 1.80. The molecule has 0 bridgehead atoms. The third-order valence-corrected chi connectivity index (χ3v) is 5.61. The lowest BCUT2D eigenvalue weighted by Crippen LogP contribution is -2.43. The molecule has 0 aliphatic heterocycles. The smallest absolute Gasteiger partial charge is 0.326 e. The van der Waals surface area contributed by atoms with E-state index < -0.39 is 12.0 Å². The van der Waals surface area contributed by atoms with Crippen molar-refractivity contribution in [1.82, 2.24) is 9.38 Å². The highest BCUT2D eigenvalue weighted by molar-refractivity contribution is 5.98. The number of carbonyl (C=O) groups is 2. The molecule has 0 spiro atoms. The number of fused-ring (bicyclic) bond motifs is 1. The lowest BCUT2D eigenvalue weighted by atomic mass is 10.0. The molecule has 1 unspecified atom stereocenters. The summed E-state index contributed by atoms with van der Waals surface area (Å²) in [5, 5.41) is 9.47. The van der Waals surface area contributed by atoms with Gasteiger partial charge < -0.3 is 9.51 Å². The minimum atomic E-state index is -1.03. The largest absolute Gasteiger partial charge is 0.480 e. The van der Waals surface area contributed by atoms with Crippen molar-refractivity contribution >= 4 is 23.3 Å². The molecule has 0 fully saturated rings. The van der Waals surface area contributed by atoms with Crippen LogP contribution in [-0.4, -0.2) is 32.4 Å². The molecule has 1 N–H and O–H groups in total. The summed E-state index contributed by atoms with van der Waals surface area (Å²) in [5.74, 6) is -0.812. The summed E-state index contributed by atoms with van der Waals surface area (Å²) in [6.07, 6.45) is 17.3. The van der Waals surface area contributed by atoms with E-state index >= 15 is 0 Å². The molecule has 0 aliphatic rings. The third-order valence-electron chi connectivity index (χ3n) is 5.61. The van der Waals surface area contributed by atoms with Crippen LogP contribution in [-0.2, 0) is 9.59 Å². The zero-order valence-electron chi connectivity index (χ0n) is 18.6. The minimum absolute atomic E-state index is 0.177. The van der Waals surface area contributed by atoms with Crippen LogP contribution in [0.25, 0.3) is 5.65 Å². The Balaban J connectivity index is 1.76. The van der Waals surface area contributed by atoms with E-state index in [-0.39, 0.29) is 5.91 Å². The Morgan fingerprint density at radius 3 is 2.17 bits per heavy atom. The number of aliphatic carboxylic acids is 1. The van der Waals surface area contributed by atoms with E-state index in [2.05, 4.69) is 11.9 Å². The van der Waals surface area contributed by atoms with Crippen LogP contribution in [0.4, 0.5) is 5.82 Å². The molecular weight excluding hydrogens is 378 g/mol. The molecule has 30 heavy (non-hydrogen) atoms. The van der Waals surface area contributed by atoms with Gasteiger partial charge in [-0.3, -0.25) is 9.69 Å². The molecule has 2 heterocycles. The van der Waals surface area contributed by atoms with Crippen LogP contribution >= 0.6 is 0 Å². The van der Waals surface area contributed by atoms with Crippen molar-refractivity contribution in [3.63, 3.8) is 0 Å². The number of hydrogen-bond acceptors (Lipinski definition) is 3. The summed E-state index contributed by atoms with van der Waals surface area (Å²) in [6.45, 7) is 3.77. The summed E-state index contributed by atoms with van der Waals surface area (Å²) in [6, 6.07) is 4.62. The second-order valence-electron chi connectivity index (χ2n) is 8.13. The number of rotatable bonds is 15. The van der Waals surface area contributed by atoms with Crippen LogP contribution < -0.4 is 4.90 Å². The van der Waals surface area contributed by atoms with Gasteiger partial charge in [-0.25, -0.2) is 9.78 Å². The van der Waals surface area contributed by atoms with Crippen LogP contribution in [0, 0.1) is 0 Å². The molecule has 0 aromatic carbocycles. The molecule has 0 saturated heterocycles. The van der Waals surface area contributed by atoms with Gasteiger partial charge >= 0.3 is 5.97 Å². The number of unbranched alkanes of at least 4 members (excludes halogenated alkanes) is 10. The fourth-order valence-corrected chi connectivity index (χ4v) is 3.75. The number of hydrogen-bond donors (Lipinski definition) is 1. The Kier molecular flexibility index (Phi) is 10.4. The van der Waals surface area contributed by atoms with Gasteiger partial charge in [-0.05, 0) is 25.5 Å². The molecule has 2 aromatic rings. The number of aromatic nitrogens is 2. The normalized spacial score (nSPS) is 12.2. The molecular formula is C24H37N3O3. The van der Waals surface area contributed by atoms with Gasteiger partial charge in [0.1, 0.15) is 11.7 Å². The van der Waals surface area contributed by atoms with Gasteiger partial charge in [0.2, 0.25) is 5.91 Å². The SMILES string of the molecule is CCCCCCCCCCCCCC(=O)N(c1cn2ccccc2n1)C(C)C(=O)O. The van der Waals surface area contributed by atoms with Crippen molar-refractivity contribution in [2.45, 2.75) is 96.9 Å². The average Bonchev–Trinajstić information content (AvgIpc) is 3.15. The van der Waals surface area contributed by atoms with Gasteiger partial charge in [0, 0.05) is 12.6 Å². The highest BCUT2D eigenvalue weighted by Crippen LogP contribution is 2.20. The number of carbonyl (C=O) groups excluding carboxylic acids is 1. The molecule has 6 nitrogen and oxygen atoms in total. The topological polar surface area (TPSA) is 74.9 Å². The Morgan fingerprint density at radius 2 is 1.60 bits per heavy atom. The van der Waals surface area contributed by atoms with Crippen LogP contribution in [0.3, 0.4) is 0 Å². The number of amides is 1. The fourth-order valence-electron chi connectivity index (χ4n) is 3.75. The molecule has 1 atom stereocenters. The minimum Gasteiger partial charge on any atom is -0.480 e. The summed E-state index contributed by atoms with van der Waals surface area (Å²) in [5.41, 5.74) is 0.692. The number of pyridine rings is 1. The summed E-state index contributed by atoms with van der Waals surface area (Å²) >= 11 is 0. The van der Waals surface area contributed by atoms with E-state index in [4.69, 9.17) is 0 Å². The van der Waals surface area contributed by atoms with Crippen LogP contribution in [0.1, 0.15) is 90.9 Å². The van der Waals surface area contributed by atoms with Crippen LogP contribution in [0.15, 0.2) is 30.6 Å². The highest BCUT2D eigenvalue weighted by atomic mass is 16.4. The first-order chi connectivity index (χ1) is 14.5. The number of anilines is 1. The van der Waals surface area contributed by atoms with Crippen molar-refractivity contribution in [2.24, 2.45) is 0 Å². The molecule has 6 heteroatoms. The van der Waals surface area contributed by atoms with E-state index in [1.54, 1.807) is 10.6 Å². The van der Waals surface area contributed by atoms with Crippen molar-refractivity contribution in [2.75, 3.05) is 4.90 Å². The van der Waals surface area contributed by atoms with Gasteiger partial charge in [0.15, 0.2) is 5.82 Å². The Morgan fingerprint density at radius 1 is 1.00 bits per heavy atom. The highest BCUT2D eigenvalue weighted by Gasteiger charge is 2.28. The maximum Gasteiger partial charge on any atom is 0.326 e.